The van der Waals surface area contributed by atoms with Crippen LogP contribution in [0.5, 0.6) is 0 Å². The molecule has 0 saturated carbocycles. The lowest BCUT2D eigenvalue weighted by Gasteiger charge is -2.13. The maximum Gasteiger partial charge on any atom is 0.194 e. The molecule has 1 unspecified atom stereocenters. The van der Waals surface area contributed by atoms with E-state index >= 15 is 0 Å². The van der Waals surface area contributed by atoms with Gasteiger partial charge in [0.25, 0.3) is 0 Å². The summed E-state index contributed by atoms with van der Waals surface area (Å²) in [6.45, 7) is 0. The number of halogens is 4. The highest BCUT2D eigenvalue weighted by molar-refractivity contribution is 7.99. The summed E-state index contributed by atoms with van der Waals surface area (Å²) in [5.41, 5.74) is 5.77. The Bertz CT molecular complexity index is 621. The van der Waals surface area contributed by atoms with E-state index in [1.165, 1.54) is 11.8 Å². The normalized spacial score (nSPS) is 12.4. The summed E-state index contributed by atoms with van der Waals surface area (Å²) in [5.74, 6) is -3.67. The van der Waals surface area contributed by atoms with E-state index in [9.17, 15) is 13.2 Å². The summed E-state index contributed by atoms with van der Waals surface area (Å²) in [5, 5.41) is 0.565. The lowest BCUT2D eigenvalue weighted by atomic mass is 10.1. The first-order valence-electron chi connectivity index (χ1n) is 5.77. The summed E-state index contributed by atoms with van der Waals surface area (Å²) in [7, 11) is 0. The molecule has 2 rings (SSSR count). The monoisotopic (exact) mass is 317 g/mol. The van der Waals surface area contributed by atoms with Crippen LogP contribution in [0.4, 0.5) is 13.2 Å². The van der Waals surface area contributed by atoms with E-state index < -0.39 is 23.5 Å². The van der Waals surface area contributed by atoms with Gasteiger partial charge in [0.15, 0.2) is 17.5 Å². The molecule has 0 aromatic heterocycles. The van der Waals surface area contributed by atoms with E-state index in [0.29, 0.717) is 10.8 Å². The summed E-state index contributed by atoms with van der Waals surface area (Å²) in [4.78, 5) is 0.799. The van der Waals surface area contributed by atoms with E-state index in [1.807, 2.05) is 6.07 Å². The van der Waals surface area contributed by atoms with Crippen LogP contribution >= 0.6 is 23.4 Å². The van der Waals surface area contributed by atoms with Crippen LogP contribution in [0.25, 0.3) is 0 Å². The van der Waals surface area contributed by atoms with Gasteiger partial charge in [-0.2, -0.15) is 0 Å². The molecule has 0 saturated heterocycles. The lowest BCUT2D eigenvalue weighted by molar-refractivity contribution is 0.437. The van der Waals surface area contributed by atoms with Crippen LogP contribution in [-0.4, -0.2) is 5.75 Å². The highest BCUT2D eigenvalue weighted by Gasteiger charge is 2.18. The van der Waals surface area contributed by atoms with Gasteiger partial charge >= 0.3 is 0 Å². The van der Waals surface area contributed by atoms with Crippen molar-refractivity contribution in [2.24, 2.45) is 5.73 Å². The highest BCUT2D eigenvalue weighted by atomic mass is 35.5. The molecule has 2 aromatic carbocycles. The van der Waals surface area contributed by atoms with Gasteiger partial charge in [0.05, 0.1) is 5.02 Å². The molecule has 0 aliphatic heterocycles. The molecular weight excluding hydrogens is 307 g/mol. The van der Waals surface area contributed by atoms with Crippen LogP contribution in [-0.2, 0) is 0 Å². The zero-order valence-electron chi connectivity index (χ0n) is 10.2. The minimum atomic E-state index is -1.50. The maximum atomic E-state index is 13.6. The molecule has 0 heterocycles. The lowest BCUT2D eigenvalue weighted by Crippen LogP contribution is -2.16. The fourth-order valence-electron chi connectivity index (χ4n) is 1.66. The van der Waals surface area contributed by atoms with Crippen molar-refractivity contribution in [3.8, 4) is 0 Å². The smallest absolute Gasteiger partial charge is 0.194 e. The molecule has 0 fully saturated rings. The van der Waals surface area contributed by atoms with Crippen LogP contribution < -0.4 is 5.73 Å². The first-order valence-corrected chi connectivity index (χ1v) is 7.13. The molecule has 2 aromatic rings. The second-order valence-electron chi connectivity index (χ2n) is 4.11. The molecule has 2 N–H and O–H groups in total. The molecule has 0 radical (unpaired) electrons. The quantitative estimate of drug-likeness (QED) is 0.661. The minimum absolute atomic E-state index is 0.0524. The summed E-state index contributed by atoms with van der Waals surface area (Å²) >= 11 is 7.31. The van der Waals surface area contributed by atoms with Crippen molar-refractivity contribution in [1.29, 1.82) is 0 Å². The summed E-state index contributed by atoms with van der Waals surface area (Å²) in [6, 6.07) is 8.42. The Morgan fingerprint density at radius 1 is 1.05 bits per heavy atom. The van der Waals surface area contributed by atoms with Crippen LogP contribution in [0.1, 0.15) is 11.6 Å². The van der Waals surface area contributed by atoms with Crippen molar-refractivity contribution < 1.29 is 13.2 Å². The molecular formula is C14H11ClF3NS. The Balaban J connectivity index is 2.11. The Morgan fingerprint density at radius 3 is 2.45 bits per heavy atom. The minimum Gasteiger partial charge on any atom is -0.323 e. The van der Waals surface area contributed by atoms with Crippen molar-refractivity contribution in [1.82, 2.24) is 0 Å². The standard InChI is InChI=1S/C14H11ClF3NS/c15-9-3-1-2-4-12(9)20-7-11(19)8-5-6-10(16)14(18)13(8)17/h1-6,11H,7,19H2. The number of benzene rings is 2. The molecule has 106 valence electrons. The Morgan fingerprint density at radius 2 is 1.75 bits per heavy atom. The van der Waals surface area contributed by atoms with Crippen molar-refractivity contribution in [3.05, 3.63) is 64.4 Å². The van der Waals surface area contributed by atoms with Crippen molar-refractivity contribution >= 4 is 23.4 Å². The van der Waals surface area contributed by atoms with Crippen LogP contribution in [0.3, 0.4) is 0 Å². The summed E-state index contributed by atoms with van der Waals surface area (Å²) in [6.07, 6.45) is 0. The second kappa shape index (κ2) is 6.52. The van der Waals surface area contributed by atoms with E-state index in [-0.39, 0.29) is 5.56 Å². The predicted octanol–water partition coefficient (Wildman–Crippen LogP) is 4.55. The van der Waals surface area contributed by atoms with Gasteiger partial charge < -0.3 is 5.73 Å². The predicted molar refractivity (Wildman–Crippen MR) is 75.4 cm³/mol. The van der Waals surface area contributed by atoms with Crippen LogP contribution in [0.15, 0.2) is 41.3 Å². The van der Waals surface area contributed by atoms with Gasteiger partial charge in [0.1, 0.15) is 0 Å². The zero-order valence-corrected chi connectivity index (χ0v) is 11.8. The van der Waals surface area contributed by atoms with E-state index in [2.05, 4.69) is 0 Å². The molecule has 20 heavy (non-hydrogen) atoms. The molecule has 0 spiro atoms. The van der Waals surface area contributed by atoms with Crippen molar-refractivity contribution in [2.75, 3.05) is 5.75 Å². The maximum absolute atomic E-state index is 13.6. The van der Waals surface area contributed by atoms with Crippen LogP contribution in [0.2, 0.25) is 5.02 Å². The second-order valence-corrected chi connectivity index (χ2v) is 5.58. The third-order valence-electron chi connectivity index (χ3n) is 2.72. The SMILES string of the molecule is NC(CSc1ccccc1Cl)c1ccc(F)c(F)c1F. The molecule has 0 bridgehead atoms. The molecule has 1 nitrogen and oxygen atoms in total. The molecule has 0 amide bonds. The fourth-order valence-corrected chi connectivity index (χ4v) is 2.88. The number of thioether (sulfide) groups is 1. The van der Waals surface area contributed by atoms with Crippen molar-refractivity contribution in [2.45, 2.75) is 10.9 Å². The van der Waals surface area contributed by atoms with Gasteiger partial charge in [-0.3, -0.25) is 0 Å². The zero-order chi connectivity index (χ0) is 14.7. The average molecular weight is 318 g/mol. The Labute approximate surface area is 123 Å². The summed E-state index contributed by atoms with van der Waals surface area (Å²) < 4.78 is 39.6. The third kappa shape index (κ3) is 3.29. The highest BCUT2D eigenvalue weighted by Crippen LogP contribution is 2.30. The molecule has 0 aliphatic rings. The molecule has 6 heteroatoms. The van der Waals surface area contributed by atoms with E-state index in [4.69, 9.17) is 17.3 Å². The fraction of sp³-hybridized carbons (Fsp3) is 0.143. The number of hydrogen-bond donors (Lipinski definition) is 1. The van der Waals surface area contributed by atoms with Crippen LogP contribution in [0, 0.1) is 17.5 Å². The molecule has 0 aliphatic carbocycles. The average Bonchev–Trinajstić information content (AvgIpc) is 2.44. The molecule has 1 atom stereocenters. The number of nitrogens with two attached hydrogens (primary N) is 1. The topological polar surface area (TPSA) is 26.0 Å². The van der Waals surface area contributed by atoms with Gasteiger partial charge in [-0.1, -0.05) is 29.8 Å². The first kappa shape index (κ1) is 15.2. The van der Waals surface area contributed by atoms with Gasteiger partial charge in [-0.25, -0.2) is 13.2 Å². The largest absolute Gasteiger partial charge is 0.323 e. The Kier molecular flexibility index (Phi) is 4.96. The number of rotatable bonds is 4. The third-order valence-corrected chi connectivity index (χ3v) is 4.35. The van der Waals surface area contributed by atoms with Gasteiger partial charge in [0, 0.05) is 22.3 Å². The van der Waals surface area contributed by atoms with Gasteiger partial charge in [-0.15, -0.1) is 11.8 Å². The Hall–Kier alpha value is -1.17. The van der Waals surface area contributed by atoms with E-state index in [1.54, 1.807) is 18.2 Å². The van der Waals surface area contributed by atoms with Gasteiger partial charge in [-0.05, 0) is 18.2 Å². The van der Waals surface area contributed by atoms with Gasteiger partial charge in [0.2, 0.25) is 0 Å². The van der Waals surface area contributed by atoms with Crippen molar-refractivity contribution in [3.63, 3.8) is 0 Å². The van der Waals surface area contributed by atoms with E-state index in [0.717, 1.165) is 17.0 Å². The number of hydrogen-bond acceptors (Lipinski definition) is 2. The first-order chi connectivity index (χ1) is 9.50.